The lowest BCUT2D eigenvalue weighted by Gasteiger charge is -2.28. The summed E-state index contributed by atoms with van der Waals surface area (Å²) in [6.07, 6.45) is 0.944. The van der Waals surface area contributed by atoms with Gasteiger partial charge in [-0.15, -0.1) is 0 Å². The summed E-state index contributed by atoms with van der Waals surface area (Å²) in [6.45, 7) is 1.75. The van der Waals surface area contributed by atoms with Crippen LogP contribution in [0, 0.1) is 10.1 Å². The second-order valence-corrected chi connectivity index (χ2v) is 8.99. The predicted octanol–water partition coefficient (Wildman–Crippen LogP) is 3.10. The van der Waals surface area contributed by atoms with Crippen LogP contribution in [-0.4, -0.2) is 44.7 Å². The summed E-state index contributed by atoms with van der Waals surface area (Å²) in [5.41, 5.74) is -0.233. The van der Waals surface area contributed by atoms with Gasteiger partial charge < -0.3 is 10.1 Å². The van der Waals surface area contributed by atoms with E-state index in [9.17, 15) is 23.3 Å². The topological polar surface area (TPSA) is 119 Å². The summed E-state index contributed by atoms with van der Waals surface area (Å²) < 4.78 is 31.3. The molecule has 0 heterocycles. The minimum absolute atomic E-state index is 0.0383. The molecule has 3 rings (SSSR count). The van der Waals surface area contributed by atoms with Gasteiger partial charge in [0.25, 0.3) is 5.69 Å². The number of nitrogens with zero attached hydrogens (tertiary/aromatic N) is 2. The van der Waals surface area contributed by atoms with Crippen LogP contribution in [0.5, 0.6) is 5.75 Å². The van der Waals surface area contributed by atoms with Crippen LogP contribution in [0.4, 0.5) is 11.4 Å². The minimum Gasteiger partial charge on any atom is -0.491 e. The lowest BCUT2D eigenvalue weighted by molar-refractivity contribution is -0.384. The van der Waals surface area contributed by atoms with Crippen LogP contribution in [0.1, 0.15) is 6.92 Å². The Bertz CT molecular complexity index is 1240. The molecule has 0 radical (unpaired) electrons. The summed E-state index contributed by atoms with van der Waals surface area (Å²) >= 11 is 0. The van der Waals surface area contributed by atoms with Gasteiger partial charge in [0.2, 0.25) is 15.9 Å². The third kappa shape index (κ3) is 5.33. The predicted molar refractivity (Wildman–Crippen MR) is 122 cm³/mol. The zero-order valence-corrected chi connectivity index (χ0v) is 18.4. The van der Waals surface area contributed by atoms with Crippen molar-refractivity contribution in [1.29, 1.82) is 0 Å². The Morgan fingerprint density at radius 3 is 2.53 bits per heavy atom. The van der Waals surface area contributed by atoms with E-state index in [0.29, 0.717) is 5.75 Å². The Morgan fingerprint density at radius 2 is 1.81 bits per heavy atom. The lowest BCUT2D eigenvalue weighted by atomic mass is 10.1. The number of nitro groups is 1. The van der Waals surface area contributed by atoms with Gasteiger partial charge in [-0.3, -0.25) is 19.2 Å². The SMILES string of the molecule is C[C@H](C(=O)NCCOc1cccc2ccccc12)N(c1cccc([N+](=O)[O-])c1)S(C)(=O)=O. The van der Waals surface area contributed by atoms with Gasteiger partial charge >= 0.3 is 0 Å². The summed E-state index contributed by atoms with van der Waals surface area (Å²) in [5, 5.41) is 15.7. The number of carbonyl (C=O) groups excluding carboxylic acids is 1. The molecule has 0 aliphatic rings. The Hall–Kier alpha value is -3.66. The normalized spacial score (nSPS) is 12.2. The molecule has 0 aromatic heterocycles. The van der Waals surface area contributed by atoms with Gasteiger partial charge in [0.1, 0.15) is 18.4 Å². The van der Waals surface area contributed by atoms with E-state index in [4.69, 9.17) is 4.74 Å². The van der Waals surface area contributed by atoms with Crippen molar-refractivity contribution >= 4 is 38.1 Å². The van der Waals surface area contributed by atoms with Crippen molar-refractivity contribution in [3.63, 3.8) is 0 Å². The minimum atomic E-state index is -3.88. The van der Waals surface area contributed by atoms with Crippen LogP contribution in [0.15, 0.2) is 66.7 Å². The van der Waals surface area contributed by atoms with E-state index in [1.54, 1.807) is 0 Å². The molecule has 9 nitrogen and oxygen atoms in total. The van der Waals surface area contributed by atoms with E-state index < -0.39 is 26.9 Å². The number of amides is 1. The number of carbonyl (C=O) groups is 1. The average molecular weight is 458 g/mol. The zero-order chi connectivity index (χ0) is 23.3. The van der Waals surface area contributed by atoms with Crippen LogP contribution < -0.4 is 14.4 Å². The molecule has 0 saturated heterocycles. The molecule has 0 aliphatic heterocycles. The van der Waals surface area contributed by atoms with E-state index >= 15 is 0 Å². The lowest BCUT2D eigenvalue weighted by Crippen LogP contribution is -2.48. The number of ether oxygens (including phenoxy) is 1. The summed E-state index contributed by atoms with van der Waals surface area (Å²) in [4.78, 5) is 23.1. The van der Waals surface area contributed by atoms with Gasteiger partial charge in [0.05, 0.1) is 23.4 Å². The highest BCUT2D eigenvalue weighted by Gasteiger charge is 2.29. The third-order valence-corrected chi connectivity index (χ3v) is 6.03. The number of hydrogen-bond donors (Lipinski definition) is 1. The first-order chi connectivity index (χ1) is 15.2. The highest BCUT2D eigenvalue weighted by atomic mass is 32.2. The molecule has 3 aromatic rings. The molecular weight excluding hydrogens is 434 g/mol. The van der Waals surface area contributed by atoms with Gasteiger partial charge in [0.15, 0.2) is 0 Å². The fourth-order valence-corrected chi connectivity index (χ4v) is 4.52. The molecule has 10 heteroatoms. The van der Waals surface area contributed by atoms with Gasteiger partial charge in [-0.1, -0.05) is 42.5 Å². The maximum Gasteiger partial charge on any atom is 0.271 e. The highest BCUT2D eigenvalue weighted by molar-refractivity contribution is 7.92. The number of fused-ring (bicyclic) bond motifs is 1. The maximum absolute atomic E-state index is 12.6. The van der Waals surface area contributed by atoms with Gasteiger partial charge in [-0.2, -0.15) is 0 Å². The van der Waals surface area contributed by atoms with Crippen LogP contribution in [0.3, 0.4) is 0 Å². The molecule has 1 N–H and O–H groups in total. The quantitative estimate of drug-likeness (QED) is 0.300. The Kier molecular flexibility index (Phi) is 6.94. The molecule has 32 heavy (non-hydrogen) atoms. The van der Waals surface area contributed by atoms with Crippen molar-refractivity contribution in [2.75, 3.05) is 23.7 Å². The number of nitrogens with one attached hydrogen (secondary N) is 1. The number of non-ortho nitro benzene ring substituents is 1. The number of nitro benzene ring substituents is 1. The molecule has 0 spiro atoms. The number of hydrogen-bond acceptors (Lipinski definition) is 6. The van der Waals surface area contributed by atoms with E-state index in [0.717, 1.165) is 27.4 Å². The number of rotatable bonds is 9. The fraction of sp³-hybridized carbons (Fsp3) is 0.227. The Balaban J connectivity index is 1.66. The van der Waals surface area contributed by atoms with Crippen LogP contribution >= 0.6 is 0 Å². The second kappa shape index (κ2) is 9.65. The molecule has 0 saturated carbocycles. The molecule has 0 unspecified atom stereocenters. The van der Waals surface area contributed by atoms with Crippen molar-refractivity contribution in [1.82, 2.24) is 5.32 Å². The monoisotopic (exact) mass is 457 g/mol. The average Bonchev–Trinajstić information content (AvgIpc) is 2.76. The van der Waals surface area contributed by atoms with Crippen molar-refractivity contribution in [2.24, 2.45) is 0 Å². The van der Waals surface area contributed by atoms with Crippen molar-refractivity contribution in [3.05, 3.63) is 76.8 Å². The summed E-state index contributed by atoms with van der Waals surface area (Å²) in [7, 11) is -3.88. The molecule has 168 valence electrons. The maximum atomic E-state index is 12.6. The van der Waals surface area contributed by atoms with Gasteiger partial charge in [0, 0.05) is 17.5 Å². The van der Waals surface area contributed by atoms with Crippen molar-refractivity contribution in [2.45, 2.75) is 13.0 Å². The van der Waals surface area contributed by atoms with Crippen LogP contribution in [0.25, 0.3) is 10.8 Å². The second-order valence-electron chi connectivity index (χ2n) is 7.13. The number of anilines is 1. The largest absolute Gasteiger partial charge is 0.491 e. The molecule has 1 amide bonds. The molecule has 3 aromatic carbocycles. The molecule has 0 aliphatic carbocycles. The summed E-state index contributed by atoms with van der Waals surface area (Å²) in [5.74, 6) is 0.128. The standard InChI is InChI=1S/C22H23N3O6S/c1-16(24(32(2,29)30)18-9-6-10-19(15-18)25(27)28)22(26)23-13-14-31-21-12-5-8-17-7-3-4-11-20(17)21/h3-12,15-16H,13-14H2,1-2H3,(H,23,26)/t16-/m1/s1. The van der Waals surface area contributed by atoms with Crippen LogP contribution in [0.2, 0.25) is 0 Å². The Morgan fingerprint density at radius 1 is 1.12 bits per heavy atom. The number of sulfonamides is 1. The van der Waals surface area contributed by atoms with E-state index in [1.165, 1.54) is 25.1 Å². The van der Waals surface area contributed by atoms with E-state index in [-0.39, 0.29) is 24.5 Å². The number of benzene rings is 3. The zero-order valence-electron chi connectivity index (χ0n) is 17.6. The first kappa shape index (κ1) is 23.0. The summed E-state index contributed by atoms with van der Waals surface area (Å²) in [6, 6.07) is 17.5. The molecular formula is C22H23N3O6S. The van der Waals surface area contributed by atoms with Gasteiger partial charge in [-0.05, 0) is 24.4 Å². The third-order valence-electron chi connectivity index (χ3n) is 4.79. The molecule has 0 fully saturated rings. The first-order valence-electron chi connectivity index (χ1n) is 9.80. The fourth-order valence-electron chi connectivity index (χ4n) is 3.36. The Labute approximate surface area is 185 Å². The van der Waals surface area contributed by atoms with E-state index in [2.05, 4.69) is 5.32 Å². The highest BCUT2D eigenvalue weighted by Crippen LogP contribution is 2.26. The smallest absolute Gasteiger partial charge is 0.271 e. The van der Waals surface area contributed by atoms with Crippen LogP contribution in [-0.2, 0) is 14.8 Å². The molecule has 1 atom stereocenters. The first-order valence-corrected chi connectivity index (χ1v) is 11.7. The molecule has 0 bridgehead atoms. The van der Waals surface area contributed by atoms with Crippen molar-refractivity contribution < 1.29 is 22.9 Å². The van der Waals surface area contributed by atoms with Crippen molar-refractivity contribution in [3.8, 4) is 5.75 Å². The van der Waals surface area contributed by atoms with Gasteiger partial charge in [-0.25, -0.2) is 8.42 Å². The van der Waals surface area contributed by atoms with E-state index in [1.807, 2.05) is 42.5 Å².